The highest BCUT2D eigenvalue weighted by Gasteiger charge is 2.44. The lowest BCUT2D eigenvalue weighted by atomic mass is 9.72. The predicted octanol–water partition coefficient (Wildman–Crippen LogP) is 7.79. The Balaban J connectivity index is 1.41. The Morgan fingerprint density at radius 3 is 2.53 bits per heavy atom. The number of benzene rings is 4. The second-order valence-electron chi connectivity index (χ2n) is 11.0. The summed E-state index contributed by atoms with van der Waals surface area (Å²) in [6.07, 6.45) is 5.54. The normalized spacial score (nSPS) is 23.6. The van der Waals surface area contributed by atoms with Crippen LogP contribution in [-0.2, 0) is 0 Å². The van der Waals surface area contributed by atoms with E-state index in [9.17, 15) is 0 Å². The highest BCUT2D eigenvalue weighted by Crippen LogP contribution is 2.45. The van der Waals surface area contributed by atoms with E-state index in [0.29, 0.717) is 6.04 Å². The van der Waals surface area contributed by atoms with E-state index in [1.54, 1.807) is 7.11 Å². The number of ether oxygens (including phenoxy) is 2. The van der Waals surface area contributed by atoms with Crippen LogP contribution in [0, 0.1) is 11.8 Å². The van der Waals surface area contributed by atoms with Gasteiger partial charge in [0.1, 0.15) is 17.6 Å². The molecule has 3 saturated heterocycles. The van der Waals surface area contributed by atoms with Gasteiger partial charge in [0.25, 0.3) is 0 Å². The number of rotatable bonds is 6. The Morgan fingerprint density at radius 2 is 1.74 bits per heavy atom. The maximum atomic E-state index is 7.25. The van der Waals surface area contributed by atoms with Crippen LogP contribution in [0.2, 0.25) is 0 Å². The molecule has 0 saturated carbocycles. The summed E-state index contributed by atoms with van der Waals surface area (Å²) in [4.78, 5) is 7.39. The van der Waals surface area contributed by atoms with Crippen molar-refractivity contribution >= 4 is 32.4 Å². The fourth-order valence-corrected chi connectivity index (χ4v) is 7.08. The second kappa shape index (κ2) is 9.59. The van der Waals surface area contributed by atoms with E-state index in [0.717, 1.165) is 52.7 Å². The molecule has 4 heteroatoms. The first-order valence-electron chi connectivity index (χ1n) is 14.0. The molecule has 3 unspecified atom stereocenters. The third kappa shape index (κ3) is 3.90. The standard InChI is InChI=1S/C34H34N2O2/c1-3-22-21-36-17-15-23(22)18-32(36)34(29-14-16-35-31-13-12-25(37-2)20-30(29)31)38-33-19-24-8-4-5-9-26(24)27-10-6-7-11-28(27)33/h4-14,16,19-20,22-23,32,34H,3,15,17-18,21H2,1-2H3/t22?,23?,32-,34+/m1/s1. The van der Waals surface area contributed by atoms with Crippen LogP contribution in [-0.4, -0.2) is 36.1 Å². The van der Waals surface area contributed by atoms with E-state index < -0.39 is 0 Å². The summed E-state index contributed by atoms with van der Waals surface area (Å²) in [5.74, 6) is 3.35. The van der Waals surface area contributed by atoms with Gasteiger partial charge in [-0.05, 0) is 77.7 Å². The SMILES string of the molecule is CCC1CN2CCC1C[C@@H]2[C@@H](Oc1cc2ccccc2c2ccccc12)c1ccnc2ccc(OC)cc12. The fourth-order valence-electron chi connectivity index (χ4n) is 7.08. The molecule has 3 fully saturated rings. The fraction of sp³-hybridized carbons (Fsp3) is 0.324. The summed E-state index contributed by atoms with van der Waals surface area (Å²) in [6, 6.07) is 28.2. The lowest BCUT2D eigenvalue weighted by Crippen LogP contribution is -2.56. The van der Waals surface area contributed by atoms with Gasteiger partial charge in [-0.25, -0.2) is 0 Å². The molecule has 5 atom stereocenters. The number of methoxy groups -OCH3 is 1. The van der Waals surface area contributed by atoms with Crippen molar-refractivity contribution in [3.05, 3.63) is 90.6 Å². The van der Waals surface area contributed by atoms with Gasteiger partial charge in [0, 0.05) is 29.1 Å². The number of fused-ring (bicyclic) bond motifs is 7. The van der Waals surface area contributed by atoms with Crippen LogP contribution in [0.5, 0.6) is 11.5 Å². The van der Waals surface area contributed by atoms with Crippen LogP contribution in [0.3, 0.4) is 0 Å². The third-order valence-electron chi connectivity index (χ3n) is 9.08. The van der Waals surface area contributed by atoms with Gasteiger partial charge in [-0.1, -0.05) is 61.9 Å². The molecular formula is C34H34N2O2. The monoisotopic (exact) mass is 502 g/mol. The summed E-state index contributed by atoms with van der Waals surface area (Å²) >= 11 is 0. The molecule has 4 nitrogen and oxygen atoms in total. The molecule has 0 spiro atoms. The number of hydrogen-bond donors (Lipinski definition) is 0. The number of piperidine rings is 3. The minimum absolute atomic E-state index is 0.113. The zero-order valence-corrected chi connectivity index (χ0v) is 22.1. The summed E-state index contributed by atoms with van der Waals surface area (Å²) in [5, 5.41) is 5.97. The number of pyridine rings is 1. The van der Waals surface area contributed by atoms with Crippen LogP contribution in [0.4, 0.5) is 0 Å². The van der Waals surface area contributed by atoms with Gasteiger partial charge in [0.05, 0.1) is 18.7 Å². The molecule has 38 heavy (non-hydrogen) atoms. The van der Waals surface area contributed by atoms with Crippen LogP contribution in [0.1, 0.15) is 37.9 Å². The first kappa shape index (κ1) is 23.5. The average Bonchev–Trinajstić information content (AvgIpc) is 2.99. The van der Waals surface area contributed by atoms with Crippen molar-refractivity contribution in [2.24, 2.45) is 11.8 Å². The van der Waals surface area contributed by atoms with Crippen molar-refractivity contribution in [3.8, 4) is 11.5 Å². The molecule has 0 aliphatic carbocycles. The lowest BCUT2D eigenvalue weighted by molar-refractivity contribution is -0.0480. The molecule has 8 rings (SSSR count). The maximum Gasteiger partial charge on any atom is 0.140 e. The third-order valence-corrected chi connectivity index (χ3v) is 9.08. The molecule has 3 aliphatic heterocycles. The van der Waals surface area contributed by atoms with Crippen LogP contribution in [0.15, 0.2) is 85.1 Å². The number of nitrogens with zero attached hydrogens (tertiary/aromatic N) is 2. The van der Waals surface area contributed by atoms with Crippen molar-refractivity contribution in [2.45, 2.75) is 38.3 Å². The molecule has 4 heterocycles. The Kier molecular flexibility index (Phi) is 5.93. The molecule has 2 bridgehead atoms. The van der Waals surface area contributed by atoms with E-state index in [1.807, 2.05) is 12.3 Å². The van der Waals surface area contributed by atoms with Gasteiger partial charge < -0.3 is 9.47 Å². The zero-order chi connectivity index (χ0) is 25.6. The van der Waals surface area contributed by atoms with E-state index in [4.69, 9.17) is 14.5 Å². The first-order chi connectivity index (χ1) is 18.7. The molecule has 1 aromatic heterocycles. The molecule has 3 aliphatic rings. The van der Waals surface area contributed by atoms with Gasteiger partial charge in [0.2, 0.25) is 0 Å². The van der Waals surface area contributed by atoms with Crippen LogP contribution < -0.4 is 9.47 Å². The summed E-state index contributed by atoms with van der Waals surface area (Å²) in [6.45, 7) is 4.66. The van der Waals surface area contributed by atoms with Gasteiger partial charge in [-0.3, -0.25) is 9.88 Å². The Labute approximate surface area is 224 Å². The predicted molar refractivity (Wildman–Crippen MR) is 155 cm³/mol. The van der Waals surface area contributed by atoms with Crippen molar-refractivity contribution in [1.29, 1.82) is 0 Å². The van der Waals surface area contributed by atoms with Crippen molar-refractivity contribution in [2.75, 3.05) is 20.2 Å². The van der Waals surface area contributed by atoms with Gasteiger partial charge >= 0.3 is 0 Å². The first-order valence-corrected chi connectivity index (χ1v) is 14.0. The topological polar surface area (TPSA) is 34.6 Å². The molecule has 0 N–H and O–H groups in total. The maximum absolute atomic E-state index is 7.25. The van der Waals surface area contributed by atoms with Crippen molar-refractivity contribution in [3.63, 3.8) is 0 Å². The molecule has 5 aromatic rings. The molecule has 4 aromatic carbocycles. The smallest absolute Gasteiger partial charge is 0.140 e. The van der Waals surface area contributed by atoms with Crippen LogP contribution >= 0.6 is 0 Å². The highest BCUT2D eigenvalue weighted by molar-refractivity contribution is 6.10. The minimum atomic E-state index is -0.113. The Morgan fingerprint density at radius 1 is 0.921 bits per heavy atom. The zero-order valence-electron chi connectivity index (χ0n) is 22.1. The summed E-state index contributed by atoms with van der Waals surface area (Å²) < 4.78 is 12.9. The van der Waals surface area contributed by atoms with E-state index in [2.05, 4.69) is 84.6 Å². The van der Waals surface area contributed by atoms with Gasteiger partial charge in [0.15, 0.2) is 0 Å². The lowest BCUT2D eigenvalue weighted by Gasteiger charge is -2.52. The van der Waals surface area contributed by atoms with E-state index in [1.165, 1.54) is 41.0 Å². The number of aromatic nitrogens is 1. The van der Waals surface area contributed by atoms with Gasteiger partial charge in [-0.15, -0.1) is 0 Å². The van der Waals surface area contributed by atoms with Gasteiger partial charge in [-0.2, -0.15) is 0 Å². The van der Waals surface area contributed by atoms with Crippen molar-refractivity contribution < 1.29 is 9.47 Å². The summed E-state index contributed by atoms with van der Waals surface area (Å²) in [7, 11) is 1.73. The van der Waals surface area contributed by atoms with E-state index >= 15 is 0 Å². The highest BCUT2D eigenvalue weighted by atomic mass is 16.5. The Bertz CT molecular complexity index is 1630. The van der Waals surface area contributed by atoms with Crippen molar-refractivity contribution in [1.82, 2.24) is 9.88 Å². The minimum Gasteiger partial charge on any atom is -0.497 e. The largest absolute Gasteiger partial charge is 0.497 e. The molecule has 192 valence electrons. The Hall–Kier alpha value is -3.63. The summed E-state index contributed by atoms with van der Waals surface area (Å²) in [5.41, 5.74) is 2.17. The van der Waals surface area contributed by atoms with Crippen LogP contribution in [0.25, 0.3) is 32.4 Å². The number of hydrogen-bond acceptors (Lipinski definition) is 4. The molecule has 0 radical (unpaired) electrons. The molecular weight excluding hydrogens is 468 g/mol. The van der Waals surface area contributed by atoms with E-state index in [-0.39, 0.29) is 6.10 Å². The molecule has 0 amide bonds. The average molecular weight is 503 g/mol. The second-order valence-corrected chi connectivity index (χ2v) is 11.0. The quantitative estimate of drug-likeness (QED) is 0.222.